The Bertz CT molecular complexity index is 746. The molecule has 1 unspecified atom stereocenters. The third-order valence-corrected chi connectivity index (χ3v) is 8.36. The molecule has 28 heavy (non-hydrogen) atoms. The van der Waals surface area contributed by atoms with Gasteiger partial charge in [0.1, 0.15) is 5.60 Å². The average molecular weight is 395 g/mol. The summed E-state index contributed by atoms with van der Waals surface area (Å²) in [7, 11) is 0. The fraction of sp³-hybridized carbons (Fsp3) is 0.826. The number of rotatable bonds is 2. The van der Waals surface area contributed by atoms with E-state index in [-0.39, 0.29) is 42.1 Å². The van der Waals surface area contributed by atoms with E-state index in [2.05, 4.69) is 27.7 Å². The number of ketones is 2. The van der Waals surface area contributed by atoms with E-state index in [1.807, 2.05) is 13.8 Å². The van der Waals surface area contributed by atoms with Crippen molar-refractivity contribution in [2.24, 2.45) is 23.2 Å². The second-order valence-electron chi connectivity index (χ2n) is 9.56. The van der Waals surface area contributed by atoms with E-state index in [1.54, 1.807) is 6.92 Å². The fourth-order valence-corrected chi connectivity index (χ4v) is 6.97. The number of ether oxygens (including phenoxy) is 2. The lowest BCUT2D eigenvalue weighted by molar-refractivity contribution is -0.139. The molecule has 3 aliphatic carbocycles. The molecule has 4 fully saturated rings. The SMILES string of the molecule is CC.CC(=O)C1=C(C)C2C[C@@H]3O[C@@]34C(=O)[C@H](C(C)C)C[C@@H]3O[C@@]34[C@@]2(C)CC1.O.[HH]. The van der Waals surface area contributed by atoms with Gasteiger partial charge in [-0.05, 0) is 56.9 Å². The smallest absolute Gasteiger partial charge is 0.185 e. The zero-order valence-electron chi connectivity index (χ0n) is 18.3. The summed E-state index contributed by atoms with van der Waals surface area (Å²) in [4.78, 5) is 25.4. The van der Waals surface area contributed by atoms with Crippen molar-refractivity contribution in [3.8, 4) is 0 Å². The van der Waals surface area contributed by atoms with Gasteiger partial charge in [-0.2, -0.15) is 0 Å². The number of carbonyl (C=O) groups excluding carboxylic acids is 2. The topological polar surface area (TPSA) is 90.7 Å². The lowest BCUT2D eigenvalue weighted by atomic mass is 9.47. The molecule has 7 atom stereocenters. The lowest BCUT2D eigenvalue weighted by Gasteiger charge is -2.53. The van der Waals surface area contributed by atoms with Crippen LogP contribution in [0.4, 0.5) is 0 Å². The molecule has 2 aliphatic heterocycles. The van der Waals surface area contributed by atoms with Gasteiger partial charge in [-0.25, -0.2) is 0 Å². The highest BCUT2D eigenvalue weighted by Crippen LogP contribution is 2.78. The van der Waals surface area contributed by atoms with Gasteiger partial charge in [0.25, 0.3) is 0 Å². The Morgan fingerprint density at radius 3 is 2.39 bits per heavy atom. The van der Waals surface area contributed by atoms with Gasteiger partial charge in [-0.1, -0.05) is 40.2 Å². The van der Waals surface area contributed by atoms with E-state index in [4.69, 9.17) is 9.47 Å². The maximum Gasteiger partial charge on any atom is 0.185 e. The quantitative estimate of drug-likeness (QED) is 0.668. The minimum absolute atomic E-state index is 0. The van der Waals surface area contributed by atoms with Gasteiger partial charge in [-0.15, -0.1) is 0 Å². The van der Waals surface area contributed by atoms with Crippen LogP contribution in [0, 0.1) is 23.2 Å². The van der Waals surface area contributed by atoms with Crippen LogP contribution < -0.4 is 0 Å². The predicted octanol–water partition coefficient (Wildman–Crippen LogP) is 3.68. The molecule has 160 valence electrons. The van der Waals surface area contributed by atoms with E-state index < -0.39 is 11.2 Å². The third-order valence-electron chi connectivity index (χ3n) is 8.36. The van der Waals surface area contributed by atoms with Gasteiger partial charge in [-0.3, -0.25) is 9.59 Å². The van der Waals surface area contributed by atoms with Gasteiger partial charge in [0.05, 0.1) is 12.2 Å². The predicted molar refractivity (Wildman–Crippen MR) is 109 cm³/mol. The molecule has 2 saturated carbocycles. The van der Waals surface area contributed by atoms with Gasteiger partial charge in [0.15, 0.2) is 17.2 Å². The number of epoxide rings is 2. The summed E-state index contributed by atoms with van der Waals surface area (Å²) >= 11 is 0. The second-order valence-corrected chi connectivity index (χ2v) is 9.56. The first-order valence-corrected chi connectivity index (χ1v) is 10.8. The van der Waals surface area contributed by atoms with E-state index >= 15 is 0 Å². The molecule has 5 rings (SSSR count). The van der Waals surface area contributed by atoms with Gasteiger partial charge >= 0.3 is 0 Å². The van der Waals surface area contributed by atoms with Crippen LogP contribution in [0.25, 0.3) is 0 Å². The standard InChI is InChI=1S/C21H28O4.C2H6.H2O.H2/c1-10(2)14-8-17-21(25-17)19(5)7-6-13(12(4)22)11(3)15(19)9-16-20(21,24-16)18(14)23;1-2;;/h10,14-17H,6-9H2,1-5H3;1-2H3;1H2;1H/t14-,15?,16-,17-,19-,20+,21+;;;/m0.../s1. The summed E-state index contributed by atoms with van der Waals surface area (Å²) in [6, 6.07) is 0. The molecule has 5 nitrogen and oxygen atoms in total. The minimum atomic E-state index is -0.690. The van der Waals surface area contributed by atoms with Crippen LogP contribution in [0.15, 0.2) is 11.1 Å². The molecule has 2 heterocycles. The molecule has 0 aromatic rings. The molecular weight excluding hydrogens is 356 g/mol. The normalized spacial score (nSPS) is 47.5. The van der Waals surface area contributed by atoms with E-state index in [0.717, 1.165) is 31.3 Å². The van der Waals surface area contributed by atoms with Crippen LogP contribution in [0.2, 0.25) is 0 Å². The molecule has 5 aliphatic rings. The van der Waals surface area contributed by atoms with Crippen LogP contribution in [0.5, 0.6) is 0 Å². The monoisotopic (exact) mass is 394 g/mol. The first-order chi connectivity index (χ1) is 12.7. The molecule has 2 spiro atoms. The summed E-state index contributed by atoms with van der Waals surface area (Å²) in [5, 5.41) is 0. The fourth-order valence-electron chi connectivity index (χ4n) is 6.97. The van der Waals surface area contributed by atoms with Crippen molar-refractivity contribution < 1.29 is 26.0 Å². The maximum atomic E-state index is 13.4. The Kier molecular flexibility index (Phi) is 5.01. The maximum absolute atomic E-state index is 13.4. The Morgan fingerprint density at radius 2 is 1.82 bits per heavy atom. The minimum Gasteiger partial charge on any atom is -0.412 e. The Morgan fingerprint density at radius 1 is 1.18 bits per heavy atom. The summed E-state index contributed by atoms with van der Waals surface area (Å²) in [5.74, 6) is 1.16. The molecule has 2 saturated heterocycles. The van der Waals surface area contributed by atoms with Gasteiger partial charge in [0.2, 0.25) is 0 Å². The largest absolute Gasteiger partial charge is 0.412 e. The molecule has 0 amide bonds. The molecule has 0 radical (unpaired) electrons. The number of hydrogen-bond donors (Lipinski definition) is 0. The summed E-state index contributed by atoms with van der Waals surface area (Å²) in [6.07, 6.45) is 3.52. The number of carbonyl (C=O) groups is 2. The van der Waals surface area contributed by atoms with Crippen molar-refractivity contribution >= 4 is 11.6 Å². The first-order valence-electron chi connectivity index (χ1n) is 10.8. The second kappa shape index (κ2) is 6.48. The van der Waals surface area contributed by atoms with Crippen molar-refractivity contribution in [3.05, 3.63) is 11.1 Å². The zero-order valence-corrected chi connectivity index (χ0v) is 18.3. The van der Waals surface area contributed by atoms with Crippen molar-refractivity contribution in [3.63, 3.8) is 0 Å². The highest BCUT2D eigenvalue weighted by Gasteiger charge is 2.93. The van der Waals surface area contributed by atoms with Crippen molar-refractivity contribution in [1.29, 1.82) is 0 Å². The molecule has 5 heteroatoms. The van der Waals surface area contributed by atoms with Crippen molar-refractivity contribution in [2.45, 2.75) is 97.6 Å². The zero-order chi connectivity index (χ0) is 19.9. The van der Waals surface area contributed by atoms with E-state index in [0.29, 0.717) is 11.7 Å². The average Bonchev–Trinajstić information content (AvgIpc) is 3.50. The summed E-state index contributed by atoms with van der Waals surface area (Å²) in [6.45, 7) is 14.3. The Labute approximate surface area is 170 Å². The Balaban J connectivity index is 0.000000729. The van der Waals surface area contributed by atoms with Gasteiger partial charge < -0.3 is 14.9 Å². The summed E-state index contributed by atoms with van der Waals surface area (Å²) < 4.78 is 12.7. The number of Topliss-reactive ketones (excluding diaryl/α,β-unsaturated/α-hetero) is 2. The van der Waals surface area contributed by atoms with Crippen LogP contribution in [0.1, 0.15) is 75.6 Å². The highest BCUT2D eigenvalue weighted by atomic mass is 16.7. The first kappa shape index (κ1) is 21.7. The molecule has 0 bridgehead atoms. The summed E-state index contributed by atoms with van der Waals surface area (Å²) in [5.41, 5.74) is 0.966. The van der Waals surface area contributed by atoms with E-state index in [9.17, 15) is 9.59 Å². The van der Waals surface area contributed by atoms with E-state index in [1.165, 1.54) is 5.57 Å². The third kappa shape index (κ3) is 2.19. The van der Waals surface area contributed by atoms with Crippen LogP contribution in [-0.4, -0.2) is 40.5 Å². The number of hydrogen-bond acceptors (Lipinski definition) is 4. The molecule has 0 aromatic carbocycles. The Hall–Kier alpha value is -1.04. The van der Waals surface area contributed by atoms with Gasteiger partial charge in [0, 0.05) is 12.8 Å². The van der Waals surface area contributed by atoms with Crippen molar-refractivity contribution in [1.82, 2.24) is 0 Å². The van der Waals surface area contributed by atoms with Crippen molar-refractivity contribution in [2.75, 3.05) is 0 Å². The highest BCUT2D eigenvalue weighted by molar-refractivity contribution is 5.98. The molecule has 2 N–H and O–H groups in total. The van der Waals surface area contributed by atoms with Crippen LogP contribution >= 0.6 is 0 Å². The van der Waals surface area contributed by atoms with Crippen LogP contribution in [0.3, 0.4) is 0 Å². The molecule has 0 aromatic heterocycles. The number of allylic oxidation sites excluding steroid dienone is 2. The number of fused-ring (bicyclic) bond motifs is 1. The van der Waals surface area contributed by atoms with Crippen LogP contribution in [-0.2, 0) is 19.1 Å². The lowest BCUT2D eigenvalue weighted by Crippen LogP contribution is -2.65. The molecular formula is C23H38O5.